The minimum absolute atomic E-state index is 0.0374. The summed E-state index contributed by atoms with van der Waals surface area (Å²) in [6.07, 6.45) is 2.38. The third-order valence-electron chi connectivity index (χ3n) is 6.49. The predicted octanol–water partition coefficient (Wildman–Crippen LogP) is 4.70. The van der Waals surface area contributed by atoms with Crippen molar-refractivity contribution in [2.45, 2.75) is 36.8 Å². The summed E-state index contributed by atoms with van der Waals surface area (Å²) in [6.45, 7) is 6.69. The molecule has 3 heterocycles. The number of likely N-dealkylation sites (tertiary alicyclic amines) is 1. The number of para-hydroxylation sites is 1. The molecule has 3 aliphatic rings. The quantitative estimate of drug-likeness (QED) is 0.673. The van der Waals surface area contributed by atoms with Gasteiger partial charge in [-0.15, -0.1) is 11.8 Å². The summed E-state index contributed by atoms with van der Waals surface area (Å²) < 4.78 is 0. The van der Waals surface area contributed by atoms with Crippen LogP contribution in [0.1, 0.15) is 32.3 Å². The molecule has 0 aliphatic carbocycles. The van der Waals surface area contributed by atoms with Gasteiger partial charge in [0.1, 0.15) is 0 Å². The van der Waals surface area contributed by atoms with Crippen molar-refractivity contribution >= 4 is 46.6 Å². The van der Waals surface area contributed by atoms with Crippen molar-refractivity contribution in [3.63, 3.8) is 0 Å². The van der Waals surface area contributed by atoms with Gasteiger partial charge < -0.3 is 0 Å². The molecule has 2 saturated heterocycles. The molecule has 2 aromatic rings. The van der Waals surface area contributed by atoms with Gasteiger partial charge in [-0.1, -0.05) is 36.7 Å². The van der Waals surface area contributed by atoms with E-state index in [9.17, 15) is 9.59 Å². The molecule has 0 N–H and O–H groups in total. The standard InChI is InChI=1S/C24H26ClN3O2S/c1-16-6-5-13-26(14-16)15-27-21-8-4-3-7-20(21)24(23(27)30)28(22(29)17(2)31-24)19-11-9-18(25)10-12-19/h3-4,7-12,16-17H,5-6,13-15H2,1-2H3. The van der Waals surface area contributed by atoms with Gasteiger partial charge in [-0.25, -0.2) is 0 Å². The van der Waals surface area contributed by atoms with Gasteiger partial charge in [-0.3, -0.25) is 24.3 Å². The van der Waals surface area contributed by atoms with E-state index in [1.165, 1.54) is 18.2 Å². The lowest BCUT2D eigenvalue weighted by Gasteiger charge is -2.36. The lowest BCUT2D eigenvalue weighted by molar-refractivity contribution is -0.124. The first-order valence-corrected chi connectivity index (χ1v) is 12.1. The normalized spacial score (nSPS) is 28.6. The first kappa shape index (κ1) is 20.9. The van der Waals surface area contributed by atoms with E-state index in [1.54, 1.807) is 17.0 Å². The van der Waals surface area contributed by atoms with Crippen molar-refractivity contribution in [3.8, 4) is 0 Å². The van der Waals surface area contributed by atoms with Crippen LogP contribution in [-0.2, 0) is 14.5 Å². The molecule has 1 spiro atoms. The minimum Gasteiger partial charge on any atom is -0.295 e. The Morgan fingerprint density at radius 3 is 2.58 bits per heavy atom. The van der Waals surface area contributed by atoms with Crippen molar-refractivity contribution in [1.29, 1.82) is 0 Å². The van der Waals surface area contributed by atoms with Gasteiger partial charge in [-0.2, -0.15) is 0 Å². The van der Waals surface area contributed by atoms with Crippen LogP contribution in [0.2, 0.25) is 5.02 Å². The molecule has 7 heteroatoms. The second-order valence-corrected chi connectivity index (χ2v) is 10.7. The number of thioether (sulfide) groups is 1. The Bertz CT molecular complexity index is 1030. The monoisotopic (exact) mass is 455 g/mol. The van der Waals surface area contributed by atoms with Crippen LogP contribution in [0.5, 0.6) is 0 Å². The van der Waals surface area contributed by atoms with Crippen molar-refractivity contribution < 1.29 is 9.59 Å². The molecule has 0 bridgehead atoms. The molecule has 3 unspecified atom stereocenters. The largest absolute Gasteiger partial charge is 0.295 e. The lowest BCUT2D eigenvalue weighted by Crippen LogP contribution is -2.52. The van der Waals surface area contributed by atoms with Gasteiger partial charge >= 0.3 is 0 Å². The molecule has 162 valence electrons. The fraction of sp³-hybridized carbons (Fsp3) is 0.417. The highest BCUT2D eigenvalue weighted by molar-refractivity contribution is 8.03. The van der Waals surface area contributed by atoms with Crippen molar-refractivity contribution in [3.05, 3.63) is 59.1 Å². The van der Waals surface area contributed by atoms with Gasteiger partial charge in [0.05, 0.1) is 17.6 Å². The molecule has 0 saturated carbocycles. The highest BCUT2D eigenvalue weighted by Crippen LogP contribution is 2.57. The summed E-state index contributed by atoms with van der Waals surface area (Å²) in [6, 6.07) is 15.1. The van der Waals surface area contributed by atoms with Crippen molar-refractivity contribution in [2.75, 3.05) is 29.6 Å². The molecule has 3 atom stereocenters. The topological polar surface area (TPSA) is 43.9 Å². The maximum Gasteiger partial charge on any atom is 0.269 e. The summed E-state index contributed by atoms with van der Waals surface area (Å²) in [5, 5.41) is 0.284. The van der Waals surface area contributed by atoms with Crippen molar-refractivity contribution in [2.24, 2.45) is 5.92 Å². The Hall–Kier alpha value is -2.02. The minimum atomic E-state index is -1.08. The van der Waals surface area contributed by atoms with Crippen LogP contribution in [0, 0.1) is 5.92 Å². The Morgan fingerprint density at radius 1 is 1.10 bits per heavy atom. The van der Waals surface area contributed by atoms with E-state index in [2.05, 4.69) is 11.8 Å². The lowest BCUT2D eigenvalue weighted by atomic mass is 10.0. The van der Waals surface area contributed by atoms with E-state index >= 15 is 0 Å². The average molecular weight is 456 g/mol. The van der Waals surface area contributed by atoms with Gasteiger partial charge in [0.15, 0.2) is 0 Å². The number of rotatable bonds is 3. The summed E-state index contributed by atoms with van der Waals surface area (Å²) in [4.78, 5) is 32.3. The Balaban J connectivity index is 1.59. The summed E-state index contributed by atoms with van der Waals surface area (Å²) >= 11 is 7.54. The molecule has 2 amide bonds. The molecular formula is C24H26ClN3O2S. The van der Waals surface area contributed by atoms with E-state index in [4.69, 9.17) is 11.6 Å². The highest BCUT2D eigenvalue weighted by Gasteiger charge is 2.63. The number of anilines is 2. The van der Waals surface area contributed by atoms with Crippen LogP contribution in [-0.4, -0.2) is 41.7 Å². The SMILES string of the molecule is CC1CCCN(CN2C(=O)C3(SC(C)C(=O)N3c3ccc(Cl)cc3)c3ccccc32)C1. The fourth-order valence-corrected chi connectivity index (χ4v) is 6.74. The number of carbonyl (C=O) groups is 2. The van der Waals surface area contributed by atoms with Crippen LogP contribution in [0.4, 0.5) is 11.4 Å². The molecule has 3 aliphatic heterocycles. The third-order valence-corrected chi connectivity index (χ3v) is 8.22. The number of hydrogen-bond donors (Lipinski definition) is 0. The maximum absolute atomic E-state index is 14.1. The summed E-state index contributed by atoms with van der Waals surface area (Å²) in [5.41, 5.74) is 2.49. The zero-order valence-corrected chi connectivity index (χ0v) is 19.3. The molecular weight excluding hydrogens is 430 g/mol. The van der Waals surface area contributed by atoms with E-state index in [-0.39, 0.29) is 17.1 Å². The second-order valence-electron chi connectivity index (χ2n) is 8.77. The second kappa shape index (κ2) is 7.84. The van der Waals surface area contributed by atoms with Crippen LogP contribution >= 0.6 is 23.4 Å². The van der Waals surface area contributed by atoms with Crippen LogP contribution in [0.3, 0.4) is 0 Å². The average Bonchev–Trinajstić information content (AvgIpc) is 3.15. The van der Waals surface area contributed by atoms with Crippen molar-refractivity contribution in [1.82, 2.24) is 4.90 Å². The highest BCUT2D eigenvalue weighted by atomic mass is 35.5. The van der Waals surface area contributed by atoms with Gasteiger partial charge in [0.25, 0.3) is 5.91 Å². The number of halogens is 1. The van der Waals surface area contributed by atoms with E-state index in [0.717, 1.165) is 30.8 Å². The Labute approximate surface area is 192 Å². The third kappa shape index (κ3) is 3.27. The van der Waals surface area contributed by atoms with Crippen LogP contribution in [0.25, 0.3) is 0 Å². The number of benzene rings is 2. The smallest absolute Gasteiger partial charge is 0.269 e. The predicted molar refractivity (Wildman–Crippen MR) is 126 cm³/mol. The molecule has 5 rings (SSSR count). The fourth-order valence-electron chi connectivity index (χ4n) is 5.08. The van der Waals surface area contributed by atoms with Crippen LogP contribution < -0.4 is 9.80 Å². The number of amides is 2. The maximum atomic E-state index is 14.1. The number of hydrogen-bond acceptors (Lipinski definition) is 4. The molecule has 0 aromatic heterocycles. The first-order valence-electron chi connectivity index (χ1n) is 10.8. The zero-order chi connectivity index (χ0) is 21.8. The molecule has 31 heavy (non-hydrogen) atoms. The molecule has 0 radical (unpaired) electrons. The van der Waals surface area contributed by atoms with E-state index in [1.807, 2.05) is 48.2 Å². The van der Waals surface area contributed by atoms with Crippen LogP contribution in [0.15, 0.2) is 48.5 Å². The molecule has 5 nitrogen and oxygen atoms in total. The summed E-state index contributed by atoms with van der Waals surface area (Å²) in [5.74, 6) is 0.539. The Morgan fingerprint density at radius 2 is 1.84 bits per heavy atom. The van der Waals surface area contributed by atoms with Gasteiger partial charge in [-0.05, 0) is 62.6 Å². The van der Waals surface area contributed by atoms with Gasteiger partial charge in [0, 0.05) is 22.8 Å². The van der Waals surface area contributed by atoms with Gasteiger partial charge in [0.2, 0.25) is 10.8 Å². The zero-order valence-electron chi connectivity index (χ0n) is 17.8. The number of piperidine rings is 1. The molecule has 2 fully saturated rings. The molecule has 2 aromatic carbocycles. The Kier molecular flexibility index (Phi) is 5.27. The van der Waals surface area contributed by atoms with E-state index in [0.29, 0.717) is 23.3 Å². The number of nitrogens with zero attached hydrogens (tertiary/aromatic N) is 3. The first-order chi connectivity index (χ1) is 14.9. The summed E-state index contributed by atoms with van der Waals surface area (Å²) in [7, 11) is 0. The van der Waals surface area contributed by atoms with E-state index < -0.39 is 4.87 Å². The number of fused-ring (bicyclic) bond motifs is 2. The number of carbonyl (C=O) groups excluding carboxylic acids is 2.